The Hall–Kier alpha value is -2.96. The van der Waals surface area contributed by atoms with E-state index in [0.717, 1.165) is 28.8 Å². The summed E-state index contributed by atoms with van der Waals surface area (Å²) in [7, 11) is 0. The van der Waals surface area contributed by atoms with E-state index < -0.39 is 17.9 Å². The summed E-state index contributed by atoms with van der Waals surface area (Å²) in [6.07, 6.45) is 2.11. The number of nitrogens with zero attached hydrogens (tertiary/aromatic N) is 2. The standard InChI is InChI=1S/C19H21N3O4/c1-13(22-17(23)10-9-16(21-22)15-7-8-15)19(25)20-11-18(24)26-12-14-5-3-2-4-6-14/h2-6,9-10,13,15H,7-8,11-12H2,1H3,(H,20,25). The van der Waals surface area contributed by atoms with E-state index in [0.29, 0.717) is 5.92 Å². The number of carbonyl (C=O) groups excluding carboxylic acids is 2. The fourth-order valence-electron chi connectivity index (χ4n) is 2.52. The van der Waals surface area contributed by atoms with Crippen molar-refractivity contribution in [1.82, 2.24) is 15.1 Å². The number of nitrogens with one attached hydrogen (secondary N) is 1. The van der Waals surface area contributed by atoms with E-state index in [4.69, 9.17) is 4.74 Å². The topological polar surface area (TPSA) is 90.3 Å². The minimum Gasteiger partial charge on any atom is -0.460 e. The van der Waals surface area contributed by atoms with E-state index in [-0.39, 0.29) is 18.7 Å². The number of rotatable bonds is 7. The van der Waals surface area contributed by atoms with Crippen LogP contribution in [0.5, 0.6) is 0 Å². The smallest absolute Gasteiger partial charge is 0.325 e. The Bertz CT molecular complexity index is 843. The zero-order valence-electron chi connectivity index (χ0n) is 14.6. The molecule has 26 heavy (non-hydrogen) atoms. The predicted molar refractivity (Wildman–Crippen MR) is 94.4 cm³/mol. The maximum atomic E-state index is 12.3. The lowest BCUT2D eigenvalue weighted by atomic mass is 10.2. The van der Waals surface area contributed by atoms with Gasteiger partial charge in [0.05, 0.1) is 5.69 Å². The molecule has 3 rings (SSSR count). The van der Waals surface area contributed by atoms with E-state index >= 15 is 0 Å². The molecule has 1 aromatic carbocycles. The molecule has 7 heteroatoms. The Morgan fingerprint density at radius 3 is 2.65 bits per heavy atom. The molecule has 1 atom stereocenters. The molecule has 0 bridgehead atoms. The van der Waals surface area contributed by atoms with Gasteiger partial charge >= 0.3 is 5.97 Å². The first-order chi connectivity index (χ1) is 12.5. The number of hydrogen-bond donors (Lipinski definition) is 1. The highest BCUT2D eigenvalue weighted by molar-refractivity contribution is 5.84. The summed E-state index contributed by atoms with van der Waals surface area (Å²) >= 11 is 0. The lowest BCUT2D eigenvalue weighted by Gasteiger charge is -2.14. The van der Waals surface area contributed by atoms with E-state index in [1.54, 1.807) is 13.0 Å². The third-order valence-electron chi connectivity index (χ3n) is 4.24. The van der Waals surface area contributed by atoms with Gasteiger partial charge in [0.25, 0.3) is 5.56 Å². The molecule has 1 fully saturated rings. The zero-order chi connectivity index (χ0) is 18.5. The molecule has 1 N–H and O–H groups in total. The highest BCUT2D eigenvalue weighted by Crippen LogP contribution is 2.38. The monoisotopic (exact) mass is 355 g/mol. The van der Waals surface area contributed by atoms with Crippen LogP contribution in [0.2, 0.25) is 0 Å². The van der Waals surface area contributed by atoms with Gasteiger partial charge in [-0.2, -0.15) is 5.10 Å². The first-order valence-electron chi connectivity index (χ1n) is 8.61. The van der Waals surface area contributed by atoms with Crippen LogP contribution in [0.4, 0.5) is 0 Å². The number of aromatic nitrogens is 2. The number of hydrogen-bond acceptors (Lipinski definition) is 5. The minimum atomic E-state index is -0.803. The van der Waals surface area contributed by atoms with E-state index in [2.05, 4.69) is 10.4 Å². The average molecular weight is 355 g/mol. The molecular formula is C19H21N3O4. The number of benzene rings is 1. The quantitative estimate of drug-likeness (QED) is 0.761. The normalized spacial score (nSPS) is 14.5. The predicted octanol–water partition coefficient (Wildman–Crippen LogP) is 1.54. The zero-order valence-corrected chi connectivity index (χ0v) is 14.6. The maximum Gasteiger partial charge on any atom is 0.325 e. The highest BCUT2D eigenvalue weighted by atomic mass is 16.5. The fraction of sp³-hybridized carbons (Fsp3) is 0.368. The molecule has 1 aromatic heterocycles. The lowest BCUT2D eigenvalue weighted by molar-refractivity contribution is -0.145. The molecule has 136 valence electrons. The summed E-state index contributed by atoms with van der Waals surface area (Å²) in [5, 5.41) is 6.78. The van der Waals surface area contributed by atoms with Crippen molar-refractivity contribution in [2.24, 2.45) is 0 Å². The molecule has 0 saturated heterocycles. The van der Waals surface area contributed by atoms with Crippen LogP contribution in [0.15, 0.2) is 47.3 Å². The Labute approximate surface area is 151 Å². The van der Waals surface area contributed by atoms with Crippen molar-refractivity contribution in [3.8, 4) is 0 Å². The largest absolute Gasteiger partial charge is 0.460 e. The molecule has 1 aliphatic carbocycles. The van der Waals surface area contributed by atoms with Crippen molar-refractivity contribution >= 4 is 11.9 Å². The van der Waals surface area contributed by atoms with Crippen LogP contribution >= 0.6 is 0 Å². The Morgan fingerprint density at radius 1 is 1.23 bits per heavy atom. The van der Waals surface area contributed by atoms with Gasteiger partial charge in [-0.15, -0.1) is 0 Å². The van der Waals surface area contributed by atoms with Gasteiger partial charge in [0, 0.05) is 12.0 Å². The summed E-state index contributed by atoms with van der Waals surface area (Å²) in [6.45, 7) is 1.47. The first kappa shape index (κ1) is 17.8. The lowest BCUT2D eigenvalue weighted by Crippen LogP contribution is -2.39. The third kappa shape index (κ3) is 4.56. The number of carbonyl (C=O) groups is 2. The maximum absolute atomic E-state index is 12.3. The van der Waals surface area contributed by atoms with Crippen molar-refractivity contribution < 1.29 is 14.3 Å². The Balaban J connectivity index is 1.52. The SMILES string of the molecule is CC(C(=O)NCC(=O)OCc1ccccc1)n1nc(C2CC2)ccc1=O. The molecule has 1 amide bonds. The van der Waals surface area contributed by atoms with Crippen LogP contribution in [0.1, 0.15) is 43.0 Å². The van der Waals surface area contributed by atoms with Crippen LogP contribution < -0.4 is 10.9 Å². The molecule has 2 aromatic rings. The molecule has 0 radical (unpaired) electrons. The molecule has 0 spiro atoms. The fourth-order valence-corrected chi connectivity index (χ4v) is 2.52. The number of esters is 1. The molecule has 1 aliphatic rings. The molecule has 7 nitrogen and oxygen atoms in total. The summed E-state index contributed by atoms with van der Waals surface area (Å²) in [4.78, 5) is 36.0. The second kappa shape index (κ2) is 7.95. The summed E-state index contributed by atoms with van der Waals surface area (Å²) < 4.78 is 6.27. The van der Waals surface area contributed by atoms with Gasteiger partial charge in [0.1, 0.15) is 19.2 Å². The van der Waals surface area contributed by atoms with Gasteiger partial charge in [0.15, 0.2) is 0 Å². The van der Waals surface area contributed by atoms with Crippen molar-refractivity contribution in [1.29, 1.82) is 0 Å². The van der Waals surface area contributed by atoms with Crippen molar-refractivity contribution in [2.75, 3.05) is 6.54 Å². The average Bonchev–Trinajstić information content (AvgIpc) is 3.50. The van der Waals surface area contributed by atoms with Gasteiger partial charge in [-0.1, -0.05) is 30.3 Å². The van der Waals surface area contributed by atoms with Crippen molar-refractivity contribution in [3.05, 3.63) is 64.1 Å². The Morgan fingerprint density at radius 2 is 1.96 bits per heavy atom. The van der Waals surface area contributed by atoms with E-state index in [1.807, 2.05) is 30.3 Å². The molecular weight excluding hydrogens is 334 g/mol. The van der Waals surface area contributed by atoms with Gasteiger partial charge in [0.2, 0.25) is 5.91 Å². The summed E-state index contributed by atoms with van der Waals surface area (Å²) in [5.74, 6) is -0.615. The van der Waals surface area contributed by atoms with E-state index in [9.17, 15) is 14.4 Å². The minimum absolute atomic E-state index is 0.148. The van der Waals surface area contributed by atoms with Crippen LogP contribution in [0.3, 0.4) is 0 Å². The third-order valence-corrected chi connectivity index (χ3v) is 4.24. The summed E-state index contributed by atoms with van der Waals surface area (Å²) in [5.41, 5.74) is 1.35. The van der Waals surface area contributed by atoms with Gasteiger partial charge < -0.3 is 10.1 Å². The van der Waals surface area contributed by atoms with Gasteiger partial charge in [-0.3, -0.25) is 14.4 Å². The number of ether oxygens (including phenoxy) is 1. The van der Waals surface area contributed by atoms with Gasteiger partial charge in [-0.05, 0) is 31.4 Å². The summed E-state index contributed by atoms with van der Waals surface area (Å²) in [6, 6.07) is 11.6. The van der Waals surface area contributed by atoms with E-state index in [1.165, 1.54) is 6.07 Å². The van der Waals surface area contributed by atoms with Crippen LogP contribution in [-0.2, 0) is 20.9 Å². The first-order valence-corrected chi connectivity index (χ1v) is 8.61. The Kier molecular flexibility index (Phi) is 5.46. The second-order valence-electron chi connectivity index (χ2n) is 6.36. The van der Waals surface area contributed by atoms with Gasteiger partial charge in [-0.25, -0.2) is 4.68 Å². The van der Waals surface area contributed by atoms with Crippen LogP contribution in [-0.4, -0.2) is 28.2 Å². The molecule has 1 unspecified atom stereocenters. The highest BCUT2D eigenvalue weighted by Gasteiger charge is 2.27. The molecule has 0 aliphatic heterocycles. The number of amides is 1. The molecule has 1 saturated carbocycles. The van der Waals surface area contributed by atoms with Crippen molar-refractivity contribution in [3.63, 3.8) is 0 Å². The molecule has 1 heterocycles. The van der Waals surface area contributed by atoms with Crippen molar-refractivity contribution in [2.45, 2.75) is 38.3 Å². The second-order valence-corrected chi connectivity index (χ2v) is 6.36. The van der Waals surface area contributed by atoms with Crippen LogP contribution in [0.25, 0.3) is 0 Å². The van der Waals surface area contributed by atoms with Crippen LogP contribution in [0, 0.1) is 0 Å².